The van der Waals surface area contributed by atoms with Gasteiger partial charge in [0.15, 0.2) is 0 Å². The van der Waals surface area contributed by atoms with E-state index >= 15 is 0 Å². The summed E-state index contributed by atoms with van der Waals surface area (Å²) in [5.74, 6) is 0. The van der Waals surface area contributed by atoms with Crippen LogP contribution in [-0.2, 0) is 13.1 Å². The molecule has 0 aliphatic heterocycles. The molecule has 1 heterocycles. The number of aliphatic hydroxyl groups excluding tert-OH is 1. The molecule has 0 saturated heterocycles. The highest BCUT2D eigenvalue weighted by Gasteiger charge is 2.15. The summed E-state index contributed by atoms with van der Waals surface area (Å²) in [4.78, 5) is 0. The molecule has 6 heteroatoms. The average Bonchev–Trinajstić information content (AvgIpc) is 2.73. The van der Waals surface area contributed by atoms with Crippen molar-refractivity contribution in [3.05, 3.63) is 34.4 Å². The second-order valence-corrected chi connectivity index (χ2v) is 4.37. The first kappa shape index (κ1) is 12.2. The molecule has 0 atom stereocenters. The van der Waals surface area contributed by atoms with E-state index in [-0.39, 0.29) is 6.61 Å². The SMILES string of the molecule is NCc1nnn(CCO)c1-c1ccccc1Br. The lowest BCUT2D eigenvalue weighted by Crippen LogP contribution is -2.07. The topological polar surface area (TPSA) is 77.0 Å². The number of halogens is 1. The Bertz CT molecular complexity index is 512. The van der Waals surface area contributed by atoms with Crippen molar-refractivity contribution in [3.8, 4) is 11.3 Å². The van der Waals surface area contributed by atoms with E-state index in [1.165, 1.54) is 0 Å². The number of rotatable bonds is 4. The van der Waals surface area contributed by atoms with Crippen LogP contribution in [0.15, 0.2) is 28.7 Å². The van der Waals surface area contributed by atoms with E-state index in [1.54, 1.807) is 4.68 Å². The molecular formula is C11H13BrN4O. The minimum Gasteiger partial charge on any atom is -0.394 e. The van der Waals surface area contributed by atoms with Crippen LogP contribution in [-0.4, -0.2) is 26.7 Å². The van der Waals surface area contributed by atoms with E-state index in [9.17, 15) is 0 Å². The summed E-state index contributed by atoms with van der Waals surface area (Å²) in [6, 6.07) is 7.80. The van der Waals surface area contributed by atoms with Crippen molar-refractivity contribution in [3.63, 3.8) is 0 Å². The molecular weight excluding hydrogens is 284 g/mol. The first-order valence-corrected chi connectivity index (χ1v) is 6.05. The van der Waals surface area contributed by atoms with Gasteiger partial charge in [0.25, 0.3) is 0 Å². The lowest BCUT2D eigenvalue weighted by Gasteiger charge is -2.08. The molecule has 0 spiro atoms. The number of aromatic nitrogens is 3. The molecule has 5 nitrogen and oxygen atoms in total. The molecule has 17 heavy (non-hydrogen) atoms. The van der Waals surface area contributed by atoms with Gasteiger partial charge in [-0.2, -0.15) is 0 Å². The molecule has 0 bridgehead atoms. The lowest BCUT2D eigenvalue weighted by atomic mass is 10.1. The Morgan fingerprint density at radius 3 is 2.76 bits per heavy atom. The van der Waals surface area contributed by atoms with Gasteiger partial charge in [-0.1, -0.05) is 39.3 Å². The quantitative estimate of drug-likeness (QED) is 0.888. The number of hydrogen-bond donors (Lipinski definition) is 2. The number of aliphatic hydroxyl groups is 1. The van der Waals surface area contributed by atoms with Crippen LogP contribution in [0.5, 0.6) is 0 Å². The smallest absolute Gasteiger partial charge is 0.104 e. The Balaban J connectivity index is 2.56. The van der Waals surface area contributed by atoms with E-state index in [2.05, 4.69) is 26.2 Å². The molecule has 0 aliphatic rings. The van der Waals surface area contributed by atoms with Crippen LogP contribution < -0.4 is 5.73 Å². The predicted molar refractivity (Wildman–Crippen MR) is 68.1 cm³/mol. The van der Waals surface area contributed by atoms with Crippen LogP contribution in [0.3, 0.4) is 0 Å². The van der Waals surface area contributed by atoms with Crippen LogP contribution >= 0.6 is 15.9 Å². The van der Waals surface area contributed by atoms with E-state index < -0.39 is 0 Å². The maximum Gasteiger partial charge on any atom is 0.104 e. The van der Waals surface area contributed by atoms with E-state index in [0.717, 1.165) is 21.4 Å². The van der Waals surface area contributed by atoms with Gasteiger partial charge in [-0.15, -0.1) is 5.10 Å². The number of hydrogen-bond acceptors (Lipinski definition) is 4. The summed E-state index contributed by atoms with van der Waals surface area (Å²) < 4.78 is 2.62. The van der Waals surface area contributed by atoms with Crippen molar-refractivity contribution >= 4 is 15.9 Å². The molecule has 0 saturated carbocycles. The maximum atomic E-state index is 9.01. The number of nitrogens with two attached hydrogens (primary N) is 1. The Hall–Kier alpha value is -1.24. The summed E-state index contributed by atoms with van der Waals surface area (Å²) in [5, 5.41) is 17.0. The van der Waals surface area contributed by atoms with Crippen molar-refractivity contribution in [1.82, 2.24) is 15.0 Å². The van der Waals surface area contributed by atoms with Crippen molar-refractivity contribution in [1.29, 1.82) is 0 Å². The van der Waals surface area contributed by atoms with Crippen molar-refractivity contribution < 1.29 is 5.11 Å². The van der Waals surface area contributed by atoms with E-state index in [0.29, 0.717) is 13.1 Å². The fraction of sp³-hybridized carbons (Fsp3) is 0.273. The molecule has 0 aliphatic carbocycles. The average molecular weight is 297 g/mol. The van der Waals surface area contributed by atoms with Crippen LogP contribution in [0.1, 0.15) is 5.69 Å². The van der Waals surface area contributed by atoms with Gasteiger partial charge < -0.3 is 10.8 Å². The first-order valence-electron chi connectivity index (χ1n) is 5.26. The Labute approximate surface area is 107 Å². The van der Waals surface area contributed by atoms with Crippen LogP contribution in [0, 0.1) is 0 Å². The molecule has 2 rings (SSSR count). The van der Waals surface area contributed by atoms with Gasteiger partial charge in [-0.3, -0.25) is 0 Å². The number of nitrogens with zero attached hydrogens (tertiary/aromatic N) is 3. The van der Waals surface area contributed by atoms with Crippen molar-refractivity contribution in [2.75, 3.05) is 6.61 Å². The monoisotopic (exact) mass is 296 g/mol. The third-order valence-electron chi connectivity index (χ3n) is 2.44. The van der Waals surface area contributed by atoms with Gasteiger partial charge in [0.2, 0.25) is 0 Å². The zero-order valence-electron chi connectivity index (χ0n) is 9.17. The second-order valence-electron chi connectivity index (χ2n) is 3.52. The fourth-order valence-corrected chi connectivity index (χ4v) is 2.16. The van der Waals surface area contributed by atoms with Crippen molar-refractivity contribution in [2.24, 2.45) is 5.73 Å². The predicted octanol–water partition coefficient (Wildman–Crippen LogP) is 1.16. The molecule has 2 aromatic rings. The van der Waals surface area contributed by atoms with Crippen LogP contribution in [0.25, 0.3) is 11.3 Å². The van der Waals surface area contributed by atoms with Gasteiger partial charge >= 0.3 is 0 Å². The fourth-order valence-electron chi connectivity index (χ4n) is 1.69. The lowest BCUT2D eigenvalue weighted by molar-refractivity contribution is 0.269. The van der Waals surface area contributed by atoms with Crippen LogP contribution in [0.4, 0.5) is 0 Å². The van der Waals surface area contributed by atoms with Gasteiger partial charge in [-0.05, 0) is 6.07 Å². The standard InChI is InChI=1S/C11H13BrN4O/c12-9-4-2-1-3-8(9)11-10(7-13)14-15-16(11)5-6-17/h1-4,17H,5-7,13H2. The molecule has 1 aromatic heterocycles. The highest BCUT2D eigenvalue weighted by Crippen LogP contribution is 2.29. The molecule has 0 unspecified atom stereocenters. The van der Waals surface area contributed by atoms with Gasteiger partial charge in [0.1, 0.15) is 5.69 Å². The number of benzene rings is 1. The minimum atomic E-state index is 0.0187. The summed E-state index contributed by atoms with van der Waals surface area (Å²) in [6.45, 7) is 0.747. The van der Waals surface area contributed by atoms with Crippen molar-refractivity contribution in [2.45, 2.75) is 13.1 Å². The normalized spacial score (nSPS) is 10.8. The summed E-state index contributed by atoms with van der Waals surface area (Å²) >= 11 is 3.49. The second kappa shape index (κ2) is 5.39. The van der Waals surface area contributed by atoms with E-state index in [4.69, 9.17) is 10.8 Å². The van der Waals surface area contributed by atoms with Gasteiger partial charge in [0, 0.05) is 16.6 Å². The summed E-state index contributed by atoms with van der Waals surface area (Å²) in [5.41, 5.74) is 8.21. The minimum absolute atomic E-state index is 0.0187. The Morgan fingerprint density at radius 1 is 1.35 bits per heavy atom. The Kier molecular flexibility index (Phi) is 3.88. The van der Waals surface area contributed by atoms with E-state index in [1.807, 2.05) is 24.3 Å². The molecule has 0 amide bonds. The molecule has 1 aromatic carbocycles. The van der Waals surface area contributed by atoms with Crippen LogP contribution in [0.2, 0.25) is 0 Å². The summed E-state index contributed by atoms with van der Waals surface area (Å²) in [6.07, 6.45) is 0. The maximum absolute atomic E-state index is 9.01. The molecule has 90 valence electrons. The van der Waals surface area contributed by atoms with Gasteiger partial charge in [-0.25, -0.2) is 4.68 Å². The zero-order chi connectivity index (χ0) is 12.3. The zero-order valence-corrected chi connectivity index (χ0v) is 10.8. The summed E-state index contributed by atoms with van der Waals surface area (Å²) in [7, 11) is 0. The van der Waals surface area contributed by atoms with Gasteiger partial charge in [0.05, 0.1) is 18.8 Å². The molecule has 0 radical (unpaired) electrons. The third kappa shape index (κ3) is 2.38. The largest absolute Gasteiger partial charge is 0.394 e. The third-order valence-corrected chi connectivity index (χ3v) is 3.13. The Morgan fingerprint density at radius 2 is 2.12 bits per heavy atom. The molecule has 0 fully saturated rings. The highest BCUT2D eigenvalue weighted by atomic mass is 79.9. The highest BCUT2D eigenvalue weighted by molar-refractivity contribution is 9.10. The molecule has 3 N–H and O–H groups in total. The first-order chi connectivity index (χ1) is 8.27.